The van der Waals surface area contributed by atoms with Crippen molar-refractivity contribution in [1.29, 1.82) is 0 Å². The minimum Gasteiger partial charge on any atom is -0.344 e. The van der Waals surface area contributed by atoms with Crippen LogP contribution in [0.25, 0.3) is 4.96 Å². The molecule has 0 radical (unpaired) electrons. The fraction of sp³-hybridized carbons (Fsp3) is 0.625. The maximum Gasteiger partial charge on any atom is 0.453 e. The Morgan fingerprint density at radius 2 is 1.89 bits per heavy atom. The minimum absolute atomic E-state index is 0.163. The molecule has 0 spiro atoms. The summed E-state index contributed by atoms with van der Waals surface area (Å²) in [6.07, 6.45) is -4.53. The molecule has 6 nitrogen and oxygen atoms in total. The lowest BCUT2D eigenvalue weighted by Crippen LogP contribution is -2.43. The van der Waals surface area contributed by atoms with Crippen molar-refractivity contribution in [3.63, 3.8) is 0 Å². The third kappa shape index (κ3) is 1.90. The number of nitrogens with one attached hydrogen (secondary N) is 1. The highest BCUT2D eigenvalue weighted by Crippen LogP contribution is 2.31. The van der Waals surface area contributed by atoms with Crippen LogP contribution in [0.4, 0.5) is 18.3 Å². The van der Waals surface area contributed by atoms with Gasteiger partial charge in [0.2, 0.25) is 10.1 Å². The van der Waals surface area contributed by atoms with Crippen LogP contribution in [0.3, 0.4) is 0 Å². The van der Waals surface area contributed by atoms with E-state index in [4.69, 9.17) is 0 Å². The van der Waals surface area contributed by atoms with Crippen LogP contribution in [-0.2, 0) is 6.18 Å². The van der Waals surface area contributed by atoms with Crippen molar-refractivity contribution in [3.8, 4) is 0 Å². The van der Waals surface area contributed by atoms with Gasteiger partial charge in [0, 0.05) is 26.2 Å². The number of fused-ring (bicyclic) bond motifs is 1. The zero-order valence-corrected chi connectivity index (χ0v) is 9.92. The van der Waals surface area contributed by atoms with Gasteiger partial charge in [0.25, 0.3) is 5.82 Å². The van der Waals surface area contributed by atoms with Crippen molar-refractivity contribution in [1.82, 2.24) is 25.1 Å². The Morgan fingerprint density at radius 3 is 2.56 bits per heavy atom. The Bertz CT molecular complexity index is 555. The summed E-state index contributed by atoms with van der Waals surface area (Å²) >= 11 is 1.12. The molecule has 18 heavy (non-hydrogen) atoms. The molecule has 10 heteroatoms. The molecule has 1 aliphatic heterocycles. The molecule has 0 bridgehead atoms. The van der Waals surface area contributed by atoms with Gasteiger partial charge in [-0.1, -0.05) is 11.3 Å². The summed E-state index contributed by atoms with van der Waals surface area (Å²) in [5, 5.41) is 14.3. The molecule has 0 saturated carbocycles. The average molecular weight is 278 g/mol. The zero-order chi connectivity index (χ0) is 12.8. The van der Waals surface area contributed by atoms with E-state index in [1.807, 2.05) is 4.90 Å². The summed E-state index contributed by atoms with van der Waals surface area (Å²) in [5.74, 6) is -1.07. The Balaban J connectivity index is 1.98. The molecule has 1 fully saturated rings. The first-order chi connectivity index (χ1) is 8.55. The molecule has 0 unspecified atom stereocenters. The number of hydrogen-bond acceptors (Lipinski definition) is 6. The van der Waals surface area contributed by atoms with Gasteiger partial charge in [-0.05, 0) is 0 Å². The van der Waals surface area contributed by atoms with Crippen LogP contribution in [0, 0.1) is 0 Å². The number of halogens is 3. The Hall–Kier alpha value is -1.42. The van der Waals surface area contributed by atoms with E-state index in [0.29, 0.717) is 5.13 Å². The monoisotopic (exact) mass is 278 g/mol. The Morgan fingerprint density at radius 1 is 1.17 bits per heavy atom. The number of nitrogens with zero attached hydrogens (tertiary/aromatic N) is 5. The molecule has 0 aliphatic carbocycles. The highest BCUT2D eigenvalue weighted by Gasteiger charge is 2.38. The summed E-state index contributed by atoms with van der Waals surface area (Å²) in [4.78, 5) is 2.10. The molecule has 2 aromatic heterocycles. The van der Waals surface area contributed by atoms with E-state index in [1.54, 1.807) is 0 Å². The van der Waals surface area contributed by atoms with Gasteiger partial charge < -0.3 is 10.2 Å². The van der Waals surface area contributed by atoms with Crippen molar-refractivity contribution in [2.24, 2.45) is 0 Å². The third-order valence-electron chi connectivity index (χ3n) is 2.62. The van der Waals surface area contributed by atoms with Crippen LogP contribution < -0.4 is 10.2 Å². The van der Waals surface area contributed by atoms with Crippen LogP contribution in [0.5, 0.6) is 0 Å². The summed E-state index contributed by atoms with van der Waals surface area (Å²) in [7, 11) is 0. The first-order valence-electron chi connectivity index (χ1n) is 5.31. The van der Waals surface area contributed by atoms with Crippen molar-refractivity contribution in [2.45, 2.75) is 6.18 Å². The highest BCUT2D eigenvalue weighted by molar-refractivity contribution is 7.20. The number of alkyl halides is 3. The summed E-state index contributed by atoms with van der Waals surface area (Å²) in [5.41, 5.74) is 0. The van der Waals surface area contributed by atoms with Crippen LogP contribution >= 0.6 is 11.3 Å². The van der Waals surface area contributed by atoms with E-state index in [1.165, 1.54) is 0 Å². The Labute approximate surface area is 103 Å². The molecule has 98 valence electrons. The first-order valence-corrected chi connectivity index (χ1v) is 6.12. The van der Waals surface area contributed by atoms with Crippen LogP contribution in [0.1, 0.15) is 5.82 Å². The van der Waals surface area contributed by atoms with Crippen molar-refractivity contribution in [3.05, 3.63) is 5.82 Å². The topological polar surface area (TPSA) is 58.4 Å². The van der Waals surface area contributed by atoms with E-state index in [2.05, 4.69) is 20.6 Å². The van der Waals surface area contributed by atoms with Gasteiger partial charge in [0.15, 0.2) is 0 Å². The second-order valence-electron chi connectivity index (χ2n) is 3.84. The molecule has 0 atom stereocenters. The maximum atomic E-state index is 12.6. The molecular formula is C8H9F3N6S. The van der Waals surface area contributed by atoms with Gasteiger partial charge >= 0.3 is 6.18 Å². The molecule has 3 rings (SSSR count). The Kier molecular flexibility index (Phi) is 2.63. The number of aromatic nitrogens is 4. The molecule has 1 aliphatic rings. The normalized spacial score (nSPS) is 17.6. The highest BCUT2D eigenvalue weighted by atomic mass is 32.1. The molecule has 2 aromatic rings. The maximum absolute atomic E-state index is 12.6. The lowest BCUT2D eigenvalue weighted by atomic mass is 10.4. The predicted octanol–water partition coefficient (Wildman–Crippen LogP) is 0.614. The van der Waals surface area contributed by atoms with Gasteiger partial charge in [-0.15, -0.1) is 15.3 Å². The van der Waals surface area contributed by atoms with E-state index < -0.39 is 12.0 Å². The standard InChI is InChI=1S/C8H9F3N6S/c9-8(10,11)5-13-14-6-17(5)15-7(18-6)16-3-1-12-2-4-16/h12H,1-4H2. The third-order valence-corrected chi connectivity index (χ3v) is 3.58. The number of rotatable bonds is 1. The minimum atomic E-state index is -4.53. The zero-order valence-electron chi connectivity index (χ0n) is 9.11. The second-order valence-corrected chi connectivity index (χ2v) is 4.77. The van der Waals surface area contributed by atoms with Gasteiger partial charge in [-0.2, -0.15) is 17.7 Å². The largest absolute Gasteiger partial charge is 0.453 e. The van der Waals surface area contributed by atoms with Gasteiger partial charge in [-0.3, -0.25) is 0 Å². The van der Waals surface area contributed by atoms with Crippen LogP contribution in [0.2, 0.25) is 0 Å². The molecular weight excluding hydrogens is 269 g/mol. The SMILES string of the molecule is FC(F)(F)c1nnc2sc(N3CCNCC3)nn12. The van der Waals surface area contributed by atoms with Crippen molar-refractivity contribution >= 4 is 21.4 Å². The number of hydrogen-bond donors (Lipinski definition) is 1. The van der Waals surface area contributed by atoms with Crippen LogP contribution in [-0.4, -0.2) is 46.0 Å². The molecule has 1 N–H and O–H groups in total. The number of piperazine rings is 1. The first kappa shape index (κ1) is 11.7. The summed E-state index contributed by atoms with van der Waals surface area (Å²) < 4.78 is 38.6. The molecule has 3 heterocycles. The van der Waals surface area contributed by atoms with E-state index >= 15 is 0 Å². The molecule has 0 amide bonds. The van der Waals surface area contributed by atoms with Gasteiger partial charge in [0.05, 0.1) is 0 Å². The summed E-state index contributed by atoms with van der Waals surface area (Å²) in [6, 6.07) is 0. The van der Waals surface area contributed by atoms with E-state index in [0.717, 1.165) is 42.0 Å². The van der Waals surface area contributed by atoms with Crippen molar-refractivity contribution < 1.29 is 13.2 Å². The smallest absolute Gasteiger partial charge is 0.344 e. The van der Waals surface area contributed by atoms with E-state index in [-0.39, 0.29) is 4.96 Å². The molecule has 0 aromatic carbocycles. The fourth-order valence-electron chi connectivity index (χ4n) is 1.77. The quantitative estimate of drug-likeness (QED) is 0.828. The van der Waals surface area contributed by atoms with Crippen molar-refractivity contribution in [2.75, 3.05) is 31.1 Å². The van der Waals surface area contributed by atoms with Gasteiger partial charge in [-0.25, -0.2) is 0 Å². The number of anilines is 1. The fourth-order valence-corrected chi connectivity index (χ4v) is 2.66. The lowest BCUT2D eigenvalue weighted by Gasteiger charge is -2.26. The van der Waals surface area contributed by atoms with E-state index in [9.17, 15) is 13.2 Å². The second kappa shape index (κ2) is 4.05. The average Bonchev–Trinajstić information content (AvgIpc) is 2.87. The van der Waals surface area contributed by atoms with Gasteiger partial charge in [0.1, 0.15) is 0 Å². The summed E-state index contributed by atoms with van der Waals surface area (Å²) in [6.45, 7) is 3.05. The predicted molar refractivity (Wildman–Crippen MR) is 58.7 cm³/mol. The van der Waals surface area contributed by atoms with Crippen LogP contribution in [0.15, 0.2) is 0 Å². The molecule has 1 saturated heterocycles. The lowest BCUT2D eigenvalue weighted by molar-refractivity contribution is -0.146.